The highest BCUT2D eigenvalue weighted by Gasteiger charge is 2.08. The highest BCUT2D eigenvalue weighted by molar-refractivity contribution is 5.84. The molecule has 0 aliphatic carbocycles. The lowest BCUT2D eigenvalue weighted by molar-refractivity contribution is 1.06. The van der Waals surface area contributed by atoms with E-state index in [0.29, 0.717) is 0 Å². The molecule has 3 rings (SSSR count). The number of fused-ring (bicyclic) bond motifs is 1. The minimum atomic E-state index is 0.840. The lowest BCUT2D eigenvalue weighted by atomic mass is 10.2. The van der Waals surface area contributed by atoms with E-state index in [1.807, 2.05) is 6.92 Å². The zero-order valence-electron chi connectivity index (χ0n) is 15.8. The van der Waals surface area contributed by atoms with Crippen LogP contribution in [-0.2, 0) is 0 Å². The molecule has 0 atom stereocenters. The minimum Gasteiger partial charge on any atom is -0.356 e. The first kappa shape index (κ1) is 17.8. The van der Waals surface area contributed by atoms with Crippen LogP contribution in [0.25, 0.3) is 28.7 Å². The smallest absolute Gasteiger partial charge is 0.0540 e. The van der Waals surface area contributed by atoms with Crippen molar-refractivity contribution in [2.24, 2.45) is 0 Å². The maximum absolute atomic E-state index is 4.00. The molecule has 26 heavy (non-hydrogen) atoms. The van der Waals surface area contributed by atoms with Gasteiger partial charge >= 0.3 is 0 Å². The molecule has 1 heterocycles. The van der Waals surface area contributed by atoms with Gasteiger partial charge in [0, 0.05) is 33.0 Å². The van der Waals surface area contributed by atoms with Gasteiger partial charge in [0.05, 0.1) is 5.52 Å². The molecular weight excluding hydrogens is 316 g/mol. The summed E-state index contributed by atoms with van der Waals surface area (Å²) in [7, 11) is 0. The molecule has 0 aliphatic heterocycles. The molecule has 0 amide bonds. The molecule has 2 heteroatoms. The Balaban J connectivity index is 2.17. The standard InChI is InChI=1S/C24H26N2/c1-6-10-23-21(7-2)22-11-8-9-12-24(22)26(23)20-15-13-19(14-16-20)25-18(5)17(3)4/h7-16,25H,3,5-6H2,1-2,4H3/b21-7-,23-10+. The predicted molar refractivity (Wildman–Crippen MR) is 115 cm³/mol. The van der Waals surface area contributed by atoms with Crippen molar-refractivity contribution in [1.29, 1.82) is 0 Å². The first-order valence-electron chi connectivity index (χ1n) is 9.05. The number of para-hydroxylation sites is 1. The molecule has 0 saturated carbocycles. The summed E-state index contributed by atoms with van der Waals surface area (Å²) in [5, 5.41) is 7.13. The van der Waals surface area contributed by atoms with Crippen LogP contribution in [0.3, 0.4) is 0 Å². The normalized spacial score (nSPS) is 12.6. The molecule has 0 radical (unpaired) electrons. The van der Waals surface area contributed by atoms with Gasteiger partial charge in [-0.2, -0.15) is 0 Å². The average molecular weight is 342 g/mol. The number of allylic oxidation sites excluding steroid dienone is 1. The molecule has 2 aromatic carbocycles. The first-order valence-corrected chi connectivity index (χ1v) is 9.05. The number of hydrogen-bond donors (Lipinski definition) is 1. The monoisotopic (exact) mass is 342 g/mol. The number of aromatic nitrogens is 1. The molecule has 1 aromatic heterocycles. The van der Waals surface area contributed by atoms with Crippen LogP contribution in [0, 0.1) is 0 Å². The quantitative estimate of drug-likeness (QED) is 0.637. The van der Waals surface area contributed by atoms with E-state index in [9.17, 15) is 0 Å². The summed E-state index contributed by atoms with van der Waals surface area (Å²) >= 11 is 0. The van der Waals surface area contributed by atoms with E-state index in [-0.39, 0.29) is 0 Å². The van der Waals surface area contributed by atoms with Crippen molar-refractivity contribution in [3.63, 3.8) is 0 Å². The molecule has 3 aromatic rings. The van der Waals surface area contributed by atoms with Crippen LogP contribution in [0.1, 0.15) is 27.2 Å². The first-order chi connectivity index (χ1) is 12.6. The zero-order valence-corrected chi connectivity index (χ0v) is 15.8. The topological polar surface area (TPSA) is 17.0 Å². The van der Waals surface area contributed by atoms with E-state index in [1.54, 1.807) is 0 Å². The number of anilines is 1. The molecule has 0 bridgehead atoms. The Morgan fingerprint density at radius 1 is 1.08 bits per heavy atom. The average Bonchev–Trinajstić information content (AvgIpc) is 2.95. The van der Waals surface area contributed by atoms with Crippen LogP contribution < -0.4 is 15.9 Å². The largest absolute Gasteiger partial charge is 0.356 e. The Morgan fingerprint density at radius 2 is 1.77 bits per heavy atom. The van der Waals surface area contributed by atoms with Crippen molar-refractivity contribution in [3.8, 4) is 5.69 Å². The maximum Gasteiger partial charge on any atom is 0.0540 e. The van der Waals surface area contributed by atoms with Crippen molar-refractivity contribution in [1.82, 2.24) is 4.57 Å². The molecule has 0 fully saturated rings. The number of nitrogens with one attached hydrogen (secondary N) is 1. The molecule has 0 spiro atoms. The van der Waals surface area contributed by atoms with Crippen molar-refractivity contribution < 1.29 is 0 Å². The third kappa shape index (κ3) is 3.23. The number of hydrogen-bond acceptors (Lipinski definition) is 1. The van der Waals surface area contributed by atoms with Crippen LogP contribution in [0.4, 0.5) is 5.69 Å². The summed E-state index contributed by atoms with van der Waals surface area (Å²) in [5.74, 6) is 0. The summed E-state index contributed by atoms with van der Waals surface area (Å²) in [6, 6.07) is 17.0. The van der Waals surface area contributed by atoms with E-state index in [2.05, 4.69) is 97.6 Å². The van der Waals surface area contributed by atoms with E-state index >= 15 is 0 Å². The van der Waals surface area contributed by atoms with Crippen LogP contribution in [0.15, 0.2) is 73.0 Å². The molecule has 0 unspecified atom stereocenters. The molecule has 0 aliphatic rings. The van der Waals surface area contributed by atoms with Gasteiger partial charge in [0.2, 0.25) is 0 Å². The summed E-state index contributed by atoms with van der Waals surface area (Å²) < 4.78 is 2.34. The van der Waals surface area contributed by atoms with Crippen LogP contribution in [0.2, 0.25) is 0 Å². The summed E-state index contributed by atoms with van der Waals surface area (Å²) in [4.78, 5) is 0. The van der Waals surface area contributed by atoms with E-state index in [1.165, 1.54) is 21.5 Å². The van der Waals surface area contributed by atoms with Crippen LogP contribution >= 0.6 is 0 Å². The second-order valence-electron chi connectivity index (χ2n) is 6.48. The van der Waals surface area contributed by atoms with E-state index in [4.69, 9.17) is 0 Å². The van der Waals surface area contributed by atoms with E-state index in [0.717, 1.165) is 29.1 Å². The third-order valence-corrected chi connectivity index (χ3v) is 4.57. The van der Waals surface area contributed by atoms with Crippen LogP contribution in [0.5, 0.6) is 0 Å². The van der Waals surface area contributed by atoms with Gasteiger partial charge in [-0.25, -0.2) is 0 Å². The van der Waals surface area contributed by atoms with Gasteiger partial charge in [-0.1, -0.05) is 50.4 Å². The molecular formula is C24H26N2. The van der Waals surface area contributed by atoms with Crippen molar-refractivity contribution >= 4 is 28.7 Å². The Kier molecular flexibility index (Phi) is 5.13. The number of nitrogens with zero attached hydrogens (tertiary/aromatic N) is 1. The van der Waals surface area contributed by atoms with Gasteiger partial charge < -0.3 is 9.88 Å². The van der Waals surface area contributed by atoms with Crippen molar-refractivity contribution in [3.05, 3.63) is 83.5 Å². The third-order valence-electron chi connectivity index (χ3n) is 4.57. The number of benzene rings is 2. The SMILES string of the molecule is C=C(C)C(=C)Nc1ccc(-n2c(=C/CC)/c(=C\C)c3ccccc32)cc1. The highest BCUT2D eigenvalue weighted by Crippen LogP contribution is 2.19. The summed E-state index contributed by atoms with van der Waals surface area (Å²) in [6.07, 6.45) is 5.49. The molecule has 0 saturated heterocycles. The van der Waals surface area contributed by atoms with Gasteiger partial charge in [-0.3, -0.25) is 0 Å². The Labute approximate surface area is 155 Å². The summed E-state index contributed by atoms with van der Waals surface area (Å²) in [6.45, 7) is 14.2. The van der Waals surface area contributed by atoms with Gasteiger partial charge in [0.15, 0.2) is 0 Å². The van der Waals surface area contributed by atoms with Crippen LogP contribution in [-0.4, -0.2) is 4.57 Å². The maximum atomic E-state index is 4.00. The Hall–Kier alpha value is -3.00. The molecule has 1 N–H and O–H groups in total. The fourth-order valence-electron chi connectivity index (χ4n) is 3.24. The van der Waals surface area contributed by atoms with E-state index < -0.39 is 0 Å². The fourth-order valence-corrected chi connectivity index (χ4v) is 3.24. The Bertz CT molecular complexity index is 1080. The van der Waals surface area contributed by atoms with Gasteiger partial charge in [-0.05, 0) is 56.2 Å². The van der Waals surface area contributed by atoms with Gasteiger partial charge in [0.25, 0.3) is 0 Å². The van der Waals surface area contributed by atoms with Crippen molar-refractivity contribution in [2.45, 2.75) is 27.2 Å². The second kappa shape index (κ2) is 7.49. The minimum absolute atomic E-state index is 0.840. The van der Waals surface area contributed by atoms with Gasteiger partial charge in [0.1, 0.15) is 0 Å². The second-order valence-corrected chi connectivity index (χ2v) is 6.48. The highest BCUT2D eigenvalue weighted by atomic mass is 15.0. The lowest BCUT2D eigenvalue weighted by Gasteiger charge is -2.11. The number of rotatable bonds is 5. The summed E-state index contributed by atoms with van der Waals surface area (Å²) in [5.41, 5.74) is 5.18. The zero-order chi connectivity index (χ0) is 18.7. The fraction of sp³-hybridized carbons (Fsp3) is 0.167. The Morgan fingerprint density at radius 3 is 2.38 bits per heavy atom. The molecule has 2 nitrogen and oxygen atoms in total. The predicted octanol–water partition coefficient (Wildman–Crippen LogP) is 5.12. The van der Waals surface area contributed by atoms with Crippen molar-refractivity contribution in [2.75, 3.05) is 5.32 Å². The molecule has 132 valence electrons. The lowest BCUT2D eigenvalue weighted by Crippen LogP contribution is -2.28. The van der Waals surface area contributed by atoms with Gasteiger partial charge in [-0.15, -0.1) is 0 Å².